The number of fused-ring (bicyclic) bond motifs is 3. The molecule has 38 heavy (non-hydrogen) atoms. The van der Waals surface area contributed by atoms with Crippen molar-refractivity contribution >= 4 is 23.1 Å². The molecule has 10 nitrogen and oxygen atoms in total. The number of anilines is 2. The summed E-state index contributed by atoms with van der Waals surface area (Å²) in [5, 5.41) is 11.5. The zero-order valence-corrected chi connectivity index (χ0v) is 21.7. The highest BCUT2D eigenvalue weighted by atomic mass is 16.5. The average Bonchev–Trinajstić information content (AvgIpc) is 3.31. The first-order valence-corrected chi connectivity index (χ1v) is 12.8. The number of ether oxygens (including phenoxy) is 2. The molecule has 2 fully saturated rings. The summed E-state index contributed by atoms with van der Waals surface area (Å²) >= 11 is 0. The van der Waals surface area contributed by atoms with Crippen molar-refractivity contribution in [1.29, 1.82) is 0 Å². The minimum Gasteiger partial charge on any atom is -0.488 e. The summed E-state index contributed by atoms with van der Waals surface area (Å²) in [5.41, 5.74) is 4.44. The number of carbonyl (C=O) groups is 1. The lowest BCUT2D eigenvalue weighted by Crippen LogP contribution is -2.56. The monoisotopic (exact) mass is 513 g/mol. The maximum Gasteiger partial charge on any atom is 0.254 e. The van der Waals surface area contributed by atoms with E-state index in [1.807, 2.05) is 36.0 Å². The first-order valence-electron chi connectivity index (χ1n) is 12.8. The van der Waals surface area contributed by atoms with Crippen LogP contribution >= 0.6 is 0 Å². The Kier molecular flexibility index (Phi) is 6.42. The third-order valence-electron chi connectivity index (χ3n) is 6.95. The number of nitrogens with zero attached hydrogens (tertiary/aromatic N) is 5. The van der Waals surface area contributed by atoms with Crippen LogP contribution in [0, 0.1) is 6.92 Å². The predicted octanol–water partition coefficient (Wildman–Crippen LogP) is 3.44. The van der Waals surface area contributed by atoms with Crippen molar-refractivity contribution in [1.82, 2.24) is 29.8 Å². The fourth-order valence-corrected chi connectivity index (χ4v) is 5.13. The highest BCUT2D eigenvalue weighted by molar-refractivity contribution is 5.93. The summed E-state index contributed by atoms with van der Waals surface area (Å²) in [7, 11) is 3.44. The van der Waals surface area contributed by atoms with E-state index in [0.717, 1.165) is 54.1 Å². The fraction of sp³-hybridized carbons (Fsp3) is 0.357. The van der Waals surface area contributed by atoms with Crippen molar-refractivity contribution in [3.63, 3.8) is 0 Å². The van der Waals surface area contributed by atoms with E-state index in [2.05, 4.69) is 37.8 Å². The zero-order valence-electron chi connectivity index (χ0n) is 21.7. The van der Waals surface area contributed by atoms with E-state index in [1.165, 1.54) is 4.90 Å². The van der Waals surface area contributed by atoms with Gasteiger partial charge in [-0.1, -0.05) is 0 Å². The van der Waals surface area contributed by atoms with Gasteiger partial charge in [-0.3, -0.25) is 9.78 Å². The average molecular weight is 514 g/mol. The summed E-state index contributed by atoms with van der Waals surface area (Å²) in [5.74, 6) is 1.98. The van der Waals surface area contributed by atoms with Gasteiger partial charge in [0, 0.05) is 68.7 Å². The van der Waals surface area contributed by atoms with Gasteiger partial charge in [-0.05, 0) is 42.8 Å². The normalized spacial score (nSPS) is 20.8. The molecule has 3 atom stereocenters. The van der Waals surface area contributed by atoms with E-state index in [9.17, 15) is 4.79 Å². The van der Waals surface area contributed by atoms with Crippen LogP contribution in [0.4, 0.5) is 11.6 Å². The highest BCUT2D eigenvalue weighted by Gasteiger charge is 2.33. The third kappa shape index (κ3) is 5.05. The molecule has 1 unspecified atom stereocenters. The lowest BCUT2D eigenvalue weighted by atomic mass is 9.94. The van der Waals surface area contributed by atoms with Crippen molar-refractivity contribution in [2.45, 2.75) is 38.0 Å². The Hall–Kier alpha value is -4.02. The van der Waals surface area contributed by atoms with Crippen LogP contribution in [0.25, 0.3) is 16.6 Å². The van der Waals surface area contributed by atoms with E-state index in [1.54, 1.807) is 32.4 Å². The number of hydrogen-bond donors (Lipinski definition) is 2. The van der Waals surface area contributed by atoms with Crippen LogP contribution in [0.2, 0.25) is 0 Å². The summed E-state index contributed by atoms with van der Waals surface area (Å²) in [6.45, 7) is 3.46. The lowest BCUT2D eigenvalue weighted by Gasteiger charge is -2.40. The number of aryl methyl sites for hydroxylation is 1. The van der Waals surface area contributed by atoms with Crippen molar-refractivity contribution in [3.05, 3.63) is 66.2 Å². The molecule has 6 heterocycles. The summed E-state index contributed by atoms with van der Waals surface area (Å²) in [4.78, 5) is 22.5. The van der Waals surface area contributed by atoms with Crippen LogP contribution in [-0.2, 0) is 4.74 Å². The number of pyridine rings is 3. The second-order valence-corrected chi connectivity index (χ2v) is 10.2. The van der Waals surface area contributed by atoms with E-state index >= 15 is 0 Å². The van der Waals surface area contributed by atoms with Gasteiger partial charge in [0.25, 0.3) is 5.91 Å². The Labute approximate surface area is 221 Å². The van der Waals surface area contributed by atoms with E-state index in [4.69, 9.17) is 9.47 Å². The molecular formula is C28H31N7O3. The Morgan fingerprint density at radius 3 is 2.63 bits per heavy atom. The van der Waals surface area contributed by atoms with Crippen molar-refractivity contribution < 1.29 is 14.3 Å². The molecule has 4 aromatic rings. The molecule has 4 aromatic heterocycles. The number of hydrogen-bond acceptors (Lipinski definition) is 8. The molecule has 0 aliphatic carbocycles. The molecule has 0 spiro atoms. The Balaban J connectivity index is 1.23. The van der Waals surface area contributed by atoms with Gasteiger partial charge in [0.15, 0.2) is 5.82 Å². The highest BCUT2D eigenvalue weighted by Crippen LogP contribution is 2.34. The number of carbonyl (C=O) groups excluding carboxylic acids is 1. The van der Waals surface area contributed by atoms with Gasteiger partial charge in [0.1, 0.15) is 17.7 Å². The standard InChI is InChI=1S/C28H31N7O3/c1-17-8-24(25(14-29-17)38-23-10-20-15-37-16-21(11-23)31-20)18-6-7-35-22(9-18)12-27(33-35)32-26-5-4-19(13-30-26)28(36)34(2)3/h4-9,12-14,20-21,23,31H,10-11,15-16H2,1-3H3,(H,30,32,33)/t20-,21+,23?. The molecule has 1 amide bonds. The first kappa shape index (κ1) is 24.3. The van der Waals surface area contributed by atoms with Crippen molar-refractivity contribution in [2.75, 3.05) is 32.6 Å². The van der Waals surface area contributed by atoms with Gasteiger partial charge in [-0.25, -0.2) is 9.50 Å². The van der Waals surface area contributed by atoms with Gasteiger partial charge in [-0.15, -0.1) is 0 Å². The molecule has 0 saturated carbocycles. The van der Waals surface area contributed by atoms with Crippen molar-refractivity contribution in [2.24, 2.45) is 0 Å². The van der Waals surface area contributed by atoms with Crippen LogP contribution < -0.4 is 15.4 Å². The Bertz CT molecular complexity index is 1460. The van der Waals surface area contributed by atoms with Crippen LogP contribution in [-0.4, -0.2) is 75.9 Å². The van der Waals surface area contributed by atoms with E-state index in [0.29, 0.717) is 29.3 Å². The van der Waals surface area contributed by atoms with Crippen LogP contribution in [0.5, 0.6) is 5.75 Å². The molecule has 6 rings (SSSR count). The second-order valence-electron chi connectivity index (χ2n) is 10.2. The number of piperidine rings is 1. The molecule has 2 bridgehead atoms. The Morgan fingerprint density at radius 1 is 1.08 bits per heavy atom. The number of rotatable bonds is 6. The van der Waals surface area contributed by atoms with Gasteiger partial charge in [0.05, 0.1) is 30.5 Å². The zero-order chi connectivity index (χ0) is 26.2. The van der Waals surface area contributed by atoms with Gasteiger partial charge < -0.3 is 25.0 Å². The number of aromatic nitrogens is 4. The van der Waals surface area contributed by atoms with Crippen LogP contribution in [0.1, 0.15) is 28.9 Å². The summed E-state index contributed by atoms with van der Waals surface area (Å²) in [6.07, 6.45) is 7.29. The first-order chi connectivity index (χ1) is 18.4. The molecule has 0 radical (unpaired) electrons. The van der Waals surface area contributed by atoms with Crippen LogP contribution in [0.15, 0.2) is 55.0 Å². The number of amides is 1. The molecule has 2 aliphatic heterocycles. The Morgan fingerprint density at radius 2 is 1.89 bits per heavy atom. The fourth-order valence-electron chi connectivity index (χ4n) is 5.13. The number of morpholine rings is 1. The molecule has 2 aliphatic rings. The maximum atomic E-state index is 12.1. The minimum atomic E-state index is -0.0870. The van der Waals surface area contributed by atoms with Gasteiger partial charge in [-0.2, -0.15) is 5.10 Å². The van der Waals surface area contributed by atoms with Gasteiger partial charge >= 0.3 is 0 Å². The maximum absolute atomic E-state index is 12.1. The molecule has 2 N–H and O–H groups in total. The van der Waals surface area contributed by atoms with Gasteiger partial charge in [0.2, 0.25) is 0 Å². The molecular weight excluding hydrogens is 482 g/mol. The predicted molar refractivity (Wildman–Crippen MR) is 144 cm³/mol. The second kappa shape index (κ2) is 10.0. The third-order valence-corrected chi connectivity index (χ3v) is 6.95. The van der Waals surface area contributed by atoms with Crippen LogP contribution in [0.3, 0.4) is 0 Å². The largest absolute Gasteiger partial charge is 0.488 e. The quantitative estimate of drug-likeness (QED) is 0.404. The molecule has 196 valence electrons. The molecule has 10 heteroatoms. The van der Waals surface area contributed by atoms with E-state index in [-0.39, 0.29) is 12.0 Å². The molecule has 2 saturated heterocycles. The summed E-state index contributed by atoms with van der Waals surface area (Å²) in [6, 6.07) is 12.4. The minimum absolute atomic E-state index is 0.0870. The molecule has 0 aromatic carbocycles. The lowest BCUT2D eigenvalue weighted by molar-refractivity contribution is -0.0122. The van der Waals surface area contributed by atoms with E-state index < -0.39 is 0 Å². The summed E-state index contributed by atoms with van der Waals surface area (Å²) < 4.78 is 14.0. The van der Waals surface area contributed by atoms with Crippen molar-refractivity contribution in [3.8, 4) is 16.9 Å². The SMILES string of the molecule is Cc1cc(-c2ccn3nc(Nc4ccc(C(=O)N(C)C)cn4)cc3c2)c(OC2C[C@H]3COC[C@@H](C2)N3)cn1. The topological polar surface area (TPSA) is 106 Å². The number of nitrogens with one attached hydrogen (secondary N) is 2. The smallest absolute Gasteiger partial charge is 0.254 e.